The number of methoxy groups -OCH3 is 1. The third-order valence-corrected chi connectivity index (χ3v) is 6.29. The average Bonchev–Trinajstić information content (AvgIpc) is 3.15. The van der Waals surface area contributed by atoms with Crippen molar-refractivity contribution in [2.75, 3.05) is 13.7 Å². The molecule has 1 fully saturated rings. The van der Waals surface area contributed by atoms with E-state index in [1.54, 1.807) is 7.11 Å². The predicted molar refractivity (Wildman–Crippen MR) is 93.9 cm³/mol. The topological polar surface area (TPSA) is 59.6 Å². The monoisotopic (exact) mass is 346 g/mol. The molecular weight excluding hydrogens is 324 g/mol. The Hall–Kier alpha value is -1.66. The Bertz CT molecular complexity index is 704. The molecule has 0 aromatic heterocycles. The Morgan fingerprint density at radius 3 is 2.96 bits per heavy atom. The maximum atomic E-state index is 12.7. The second kappa shape index (κ2) is 6.33. The van der Waals surface area contributed by atoms with Gasteiger partial charge in [-0.15, -0.1) is 11.8 Å². The minimum absolute atomic E-state index is 0.00616. The lowest BCUT2D eigenvalue weighted by atomic mass is 9.94. The molecule has 1 aliphatic carbocycles. The number of rotatable bonds is 4. The van der Waals surface area contributed by atoms with Crippen molar-refractivity contribution in [3.05, 3.63) is 34.2 Å². The van der Waals surface area contributed by atoms with E-state index in [1.165, 1.54) is 16.9 Å². The van der Waals surface area contributed by atoms with Gasteiger partial charge in [0, 0.05) is 0 Å². The van der Waals surface area contributed by atoms with Gasteiger partial charge in [0.25, 0.3) is 0 Å². The first-order chi connectivity index (χ1) is 11.7. The highest BCUT2D eigenvalue weighted by Gasteiger charge is 2.46. The van der Waals surface area contributed by atoms with Crippen molar-refractivity contribution in [1.29, 1.82) is 0 Å². The van der Waals surface area contributed by atoms with Crippen molar-refractivity contribution in [2.45, 2.75) is 37.7 Å². The van der Waals surface area contributed by atoms with E-state index in [4.69, 9.17) is 9.47 Å². The van der Waals surface area contributed by atoms with Crippen LogP contribution in [-0.2, 0) is 4.79 Å². The molecule has 1 aromatic carbocycles. The van der Waals surface area contributed by atoms with Crippen LogP contribution in [0.5, 0.6) is 11.5 Å². The lowest BCUT2D eigenvalue weighted by molar-refractivity contribution is -0.127. The van der Waals surface area contributed by atoms with Crippen LogP contribution in [0, 0.1) is 5.92 Å². The molecule has 5 nitrogen and oxygen atoms in total. The quantitative estimate of drug-likeness (QED) is 0.878. The summed E-state index contributed by atoms with van der Waals surface area (Å²) >= 11 is 1.84. The molecule has 3 unspecified atom stereocenters. The van der Waals surface area contributed by atoms with Crippen LogP contribution in [0.15, 0.2) is 28.7 Å². The molecule has 0 spiro atoms. The van der Waals surface area contributed by atoms with Crippen LogP contribution in [0.1, 0.15) is 37.9 Å². The molecule has 24 heavy (non-hydrogen) atoms. The zero-order valence-corrected chi connectivity index (χ0v) is 14.7. The first-order valence-corrected chi connectivity index (χ1v) is 9.35. The van der Waals surface area contributed by atoms with Crippen LogP contribution in [0.2, 0.25) is 0 Å². The van der Waals surface area contributed by atoms with Gasteiger partial charge >= 0.3 is 0 Å². The summed E-state index contributed by atoms with van der Waals surface area (Å²) in [5, 5.41) is 6.86. The molecule has 4 rings (SSSR count). The van der Waals surface area contributed by atoms with Crippen molar-refractivity contribution < 1.29 is 14.3 Å². The van der Waals surface area contributed by atoms with Gasteiger partial charge in [-0.05, 0) is 54.4 Å². The average molecular weight is 346 g/mol. The second-order valence-corrected chi connectivity index (χ2v) is 7.51. The lowest BCUT2D eigenvalue weighted by Gasteiger charge is -2.35. The number of benzene rings is 1. The van der Waals surface area contributed by atoms with E-state index >= 15 is 0 Å². The number of thioether (sulfide) groups is 1. The Labute approximate surface area is 146 Å². The van der Waals surface area contributed by atoms with Gasteiger partial charge in [-0.3, -0.25) is 10.1 Å². The summed E-state index contributed by atoms with van der Waals surface area (Å²) in [7, 11) is 1.63. The third kappa shape index (κ3) is 2.58. The molecule has 2 aliphatic heterocycles. The van der Waals surface area contributed by atoms with Crippen molar-refractivity contribution in [3.63, 3.8) is 0 Å². The zero-order valence-electron chi connectivity index (χ0n) is 13.9. The van der Waals surface area contributed by atoms with Crippen LogP contribution in [-0.4, -0.2) is 25.0 Å². The van der Waals surface area contributed by atoms with Crippen molar-refractivity contribution in [2.24, 2.45) is 5.92 Å². The van der Waals surface area contributed by atoms with E-state index in [2.05, 4.69) is 10.6 Å². The number of amides is 1. The summed E-state index contributed by atoms with van der Waals surface area (Å²) in [6, 6.07) is 5.81. The summed E-state index contributed by atoms with van der Waals surface area (Å²) in [6.07, 6.45) is 3.19. The van der Waals surface area contributed by atoms with Crippen molar-refractivity contribution in [3.8, 4) is 11.5 Å². The normalized spacial score (nSPS) is 28.4. The molecule has 0 radical (unpaired) electrons. The van der Waals surface area contributed by atoms with E-state index in [0.717, 1.165) is 24.2 Å². The van der Waals surface area contributed by atoms with Gasteiger partial charge < -0.3 is 14.8 Å². The highest BCUT2D eigenvalue weighted by Crippen LogP contribution is 2.51. The van der Waals surface area contributed by atoms with Crippen LogP contribution >= 0.6 is 11.8 Å². The smallest absolute Gasteiger partial charge is 0.231 e. The molecule has 1 amide bonds. The summed E-state index contributed by atoms with van der Waals surface area (Å²) in [5.41, 5.74) is 2.34. The van der Waals surface area contributed by atoms with Gasteiger partial charge in [-0.25, -0.2) is 0 Å². The number of hydrogen-bond donors (Lipinski definition) is 2. The standard InChI is InChI=1S/C18H22N2O3S/c1-3-23-12-8-7-10(9-13(12)22-2)16-19-17(21)15-11-5-4-6-14(11)24-18(15)20-16/h7-9,15-16,18,20H,3-6H2,1-2H3,(H,19,21). The molecule has 2 N–H and O–H groups in total. The molecule has 3 atom stereocenters. The molecule has 1 saturated heterocycles. The summed E-state index contributed by atoms with van der Waals surface area (Å²) in [5.74, 6) is 1.54. The van der Waals surface area contributed by atoms with Crippen LogP contribution in [0.4, 0.5) is 0 Å². The van der Waals surface area contributed by atoms with Gasteiger partial charge in [-0.2, -0.15) is 0 Å². The van der Waals surface area contributed by atoms with E-state index in [1.807, 2.05) is 36.9 Å². The predicted octanol–water partition coefficient (Wildman–Crippen LogP) is 2.94. The molecular formula is C18H22N2O3S. The van der Waals surface area contributed by atoms with Crippen LogP contribution in [0.3, 0.4) is 0 Å². The highest BCUT2D eigenvalue weighted by atomic mass is 32.2. The molecule has 128 valence electrons. The van der Waals surface area contributed by atoms with E-state index in [0.29, 0.717) is 12.4 Å². The minimum Gasteiger partial charge on any atom is -0.493 e. The number of allylic oxidation sites excluding steroid dienone is 1. The minimum atomic E-state index is -0.198. The fraction of sp³-hybridized carbons (Fsp3) is 0.500. The first kappa shape index (κ1) is 15.8. The number of ether oxygens (including phenoxy) is 2. The summed E-state index contributed by atoms with van der Waals surface area (Å²) in [6.45, 7) is 2.53. The van der Waals surface area contributed by atoms with Gasteiger partial charge in [0.15, 0.2) is 11.5 Å². The maximum Gasteiger partial charge on any atom is 0.231 e. The molecule has 1 aromatic rings. The van der Waals surface area contributed by atoms with Crippen LogP contribution < -0.4 is 20.1 Å². The lowest BCUT2D eigenvalue weighted by Crippen LogP contribution is -2.54. The maximum absolute atomic E-state index is 12.7. The van der Waals surface area contributed by atoms with Gasteiger partial charge in [-0.1, -0.05) is 6.07 Å². The Morgan fingerprint density at radius 2 is 2.17 bits per heavy atom. The first-order valence-electron chi connectivity index (χ1n) is 8.47. The Kier molecular flexibility index (Phi) is 4.18. The van der Waals surface area contributed by atoms with Crippen molar-refractivity contribution in [1.82, 2.24) is 10.6 Å². The SMILES string of the molecule is CCOc1ccc(C2NC(=O)C3C4=C(CCC4)SC3N2)cc1OC. The Morgan fingerprint density at radius 1 is 1.29 bits per heavy atom. The third-order valence-electron chi connectivity index (χ3n) is 4.88. The number of carbonyl (C=O) groups is 1. The summed E-state index contributed by atoms with van der Waals surface area (Å²) < 4.78 is 11.0. The second-order valence-electron chi connectivity index (χ2n) is 6.27. The highest BCUT2D eigenvalue weighted by molar-refractivity contribution is 8.04. The molecule has 6 heteroatoms. The van der Waals surface area contributed by atoms with E-state index in [-0.39, 0.29) is 23.4 Å². The van der Waals surface area contributed by atoms with Crippen LogP contribution in [0.25, 0.3) is 0 Å². The fourth-order valence-corrected chi connectivity index (χ4v) is 5.37. The number of hydrogen-bond acceptors (Lipinski definition) is 5. The fourth-order valence-electron chi connectivity index (χ4n) is 3.79. The number of carbonyl (C=O) groups excluding carboxylic acids is 1. The number of nitrogens with one attached hydrogen (secondary N) is 2. The Balaban J connectivity index is 1.55. The number of fused-ring (bicyclic) bond motifs is 2. The largest absolute Gasteiger partial charge is 0.493 e. The van der Waals surface area contributed by atoms with Gasteiger partial charge in [0.1, 0.15) is 6.17 Å². The van der Waals surface area contributed by atoms with E-state index in [9.17, 15) is 4.79 Å². The molecule has 2 heterocycles. The zero-order chi connectivity index (χ0) is 16.7. The molecule has 0 saturated carbocycles. The summed E-state index contributed by atoms with van der Waals surface area (Å²) in [4.78, 5) is 14.1. The van der Waals surface area contributed by atoms with E-state index < -0.39 is 0 Å². The van der Waals surface area contributed by atoms with Crippen molar-refractivity contribution >= 4 is 17.7 Å². The molecule has 0 bridgehead atoms. The molecule has 3 aliphatic rings. The van der Waals surface area contributed by atoms with Gasteiger partial charge in [0.2, 0.25) is 5.91 Å². The van der Waals surface area contributed by atoms with Gasteiger partial charge in [0.05, 0.1) is 25.0 Å².